The summed E-state index contributed by atoms with van der Waals surface area (Å²) in [4.78, 5) is 13.4. The van der Waals surface area contributed by atoms with Gasteiger partial charge in [0, 0.05) is 13.0 Å². The monoisotopic (exact) mass is 237 g/mol. The molecule has 0 aliphatic carbocycles. The van der Waals surface area contributed by atoms with Gasteiger partial charge in [-0.1, -0.05) is 12.1 Å². The van der Waals surface area contributed by atoms with Crippen LogP contribution in [-0.2, 0) is 16.1 Å². The van der Waals surface area contributed by atoms with E-state index in [0.717, 1.165) is 5.56 Å². The number of cyclic esters (lactones) is 1. The Hall–Kier alpha value is -1.42. The minimum atomic E-state index is -0.252. The van der Waals surface area contributed by atoms with Crippen LogP contribution in [0.15, 0.2) is 24.3 Å². The molecule has 2 atom stereocenters. The summed E-state index contributed by atoms with van der Waals surface area (Å²) < 4.78 is 18.1. The van der Waals surface area contributed by atoms with Crippen LogP contribution in [0.25, 0.3) is 0 Å². The molecular weight excluding hydrogens is 221 g/mol. The highest BCUT2D eigenvalue weighted by Gasteiger charge is 2.34. The van der Waals surface area contributed by atoms with Crippen LogP contribution in [0.5, 0.6) is 0 Å². The van der Waals surface area contributed by atoms with Gasteiger partial charge in [-0.3, -0.25) is 9.69 Å². The molecule has 0 saturated carbocycles. The quantitative estimate of drug-likeness (QED) is 0.753. The van der Waals surface area contributed by atoms with Gasteiger partial charge >= 0.3 is 5.97 Å². The molecule has 17 heavy (non-hydrogen) atoms. The summed E-state index contributed by atoms with van der Waals surface area (Å²) in [5.41, 5.74) is 0.861. The zero-order valence-electron chi connectivity index (χ0n) is 10.0. The third-order valence-corrected chi connectivity index (χ3v) is 3.00. The summed E-state index contributed by atoms with van der Waals surface area (Å²) in [5, 5.41) is 0. The number of hydrogen-bond acceptors (Lipinski definition) is 3. The molecule has 0 N–H and O–H groups in total. The number of nitrogens with zero attached hydrogens (tertiary/aromatic N) is 1. The molecule has 0 aromatic heterocycles. The highest BCUT2D eigenvalue weighted by molar-refractivity contribution is 5.77. The highest BCUT2D eigenvalue weighted by atomic mass is 19.1. The first-order chi connectivity index (χ1) is 8.06. The fraction of sp³-hybridized carbons (Fsp3) is 0.462. The second-order valence-electron chi connectivity index (χ2n) is 4.54. The maximum atomic E-state index is 13.0. The van der Waals surface area contributed by atoms with Crippen LogP contribution in [0.4, 0.5) is 4.39 Å². The lowest BCUT2D eigenvalue weighted by Crippen LogP contribution is -2.34. The van der Waals surface area contributed by atoms with Crippen molar-refractivity contribution in [3.8, 4) is 0 Å². The van der Waals surface area contributed by atoms with Gasteiger partial charge in [-0.05, 0) is 31.7 Å². The Morgan fingerprint density at radius 1 is 1.53 bits per heavy atom. The smallest absolute Gasteiger partial charge is 0.323 e. The van der Waals surface area contributed by atoms with E-state index in [9.17, 15) is 9.18 Å². The predicted octanol–water partition coefficient (Wildman–Crippen LogP) is 1.96. The standard InChI is InChI=1S/C13H16FNO2/c1-9-6-12(13(16)17-9)15(2)8-10-4-3-5-11(14)7-10/h3-5,7,9,12H,6,8H2,1-2H3/t9-,12-/m1/s1. The van der Waals surface area contributed by atoms with Crippen LogP contribution in [0, 0.1) is 5.82 Å². The van der Waals surface area contributed by atoms with Gasteiger partial charge in [-0.15, -0.1) is 0 Å². The second kappa shape index (κ2) is 4.84. The molecule has 1 fully saturated rings. The first-order valence-electron chi connectivity index (χ1n) is 5.71. The number of hydrogen-bond donors (Lipinski definition) is 0. The zero-order chi connectivity index (χ0) is 12.4. The molecule has 3 nitrogen and oxygen atoms in total. The lowest BCUT2D eigenvalue weighted by molar-refractivity contribution is -0.144. The highest BCUT2D eigenvalue weighted by Crippen LogP contribution is 2.20. The van der Waals surface area contributed by atoms with E-state index in [1.807, 2.05) is 24.9 Å². The largest absolute Gasteiger partial charge is 0.461 e. The summed E-state index contributed by atoms with van der Waals surface area (Å²) in [6.07, 6.45) is 0.674. The molecule has 1 aromatic rings. The molecule has 4 heteroatoms. The maximum absolute atomic E-state index is 13.0. The van der Waals surface area contributed by atoms with Gasteiger partial charge in [0.15, 0.2) is 0 Å². The van der Waals surface area contributed by atoms with Gasteiger partial charge in [0.2, 0.25) is 0 Å². The Bertz CT molecular complexity index is 422. The fourth-order valence-corrected chi connectivity index (χ4v) is 2.13. The second-order valence-corrected chi connectivity index (χ2v) is 4.54. The number of esters is 1. The van der Waals surface area contributed by atoms with Crippen molar-refractivity contribution in [2.75, 3.05) is 7.05 Å². The number of benzene rings is 1. The van der Waals surface area contributed by atoms with E-state index in [1.165, 1.54) is 12.1 Å². The van der Waals surface area contributed by atoms with E-state index < -0.39 is 0 Å². The lowest BCUT2D eigenvalue weighted by Gasteiger charge is -2.20. The van der Waals surface area contributed by atoms with Gasteiger partial charge in [0.05, 0.1) is 0 Å². The summed E-state index contributed by atoms with van der Waals surface area (Å²) >= 11 is 0. The molecule has 0 bridgehead atoms. The molecule has 0 radical (unpaired) electrons. The van der Waals surface area contributed by atoms with Crippen molar-refractivity contribution < 1.29 is 13.9 Å². The molecule has 1 aliphatic rings. The molecule has 1 heterocycles. The first kappa shape index (κ1) is 12.0. The van der Waals surface area contributed by atoms with E-state index >= 15 is 0 Å². The molecule has 1 aromatic carbocycles. The topological polar surface area (TPSA) is 29.5 Å². The summed E-state index contributed by atoms with van der Waals surface area (Å²) in [6, 6.07) is 6.21. The Kier molecular flexibility index (Phi) is 3.43. The Labute approximate surface area is 100 Å². The summed E-state index contributed by atoms with van der Waals surface area (Å²) in [7, 11) is 1.86. The zero-order valence-corrected chi connectivity index (χ0v) is 10.0. The van der Waals surface area contributed by atoms with E-state index in [1.54, 1.807) is 6.07 Å². The van der Waals surface area contributed by atoms with Crippen molar-refractivity contribution in [1.29, 1.82) is 0 Å². The Morgan fingerprint density at radius 3 is 2.88 bits per heavy atom. The predicted molar refractivity (Wildman–Crippen MR) is 61.8 cm³/mol. The van der Waals surface area contributed by atoms with Gasteiger partial charge in [-0.2, -0.15) is 0 Å². The van der Waals surface area contributed by atoms with E-state index in [2.05, 4.69) is 0 Å². The summed E-state index contributed by atoms with van der Waals surface area (Å²) in [6.45, 7) is 2.43. The van der Waals surface area contributed by atoms with Crippen molar-refractivity contribution >= 4 is 5.97 Å². The Morgan fingerprint density at radius 2 is 2.29 bits per heavy atom. The molecule has 0 spiro atoms. The van der Waals surface area contributed by atoms with E-state index in [0.29, 0.717) is 13.0 Å². The molecule has 0 amide bonds. The number of halogens is 1. The summed E-state index contributed by atoms with van der Waals surface area (Å²) in [5.74, 6) is -0.435. The van der Waals surface area contributed by atoms with Crippen molar-refractivity contribution in [2.45, 2.75) is 32.0 Å². The van der Waals surface area contributed by atoms with Crippen LogP contribution >= 0.6 is 0 Å². The Balaban J connectivity index is 2.02. The van der Waals surface area contributed by atoms with Crippen LogP contribution in [0.2, 0.25) is 0 Å². The van der Waals surface area contributed by atoms with Crippen molar-refractivity contribution in [3.05, 3.63) is 35.6 Å². The third-order valence-electron chi connectivity index (χ3n) is 3.00. The molecule has 2 rings (SSSR count). The number of carbonyl (C=O) groups is 1. The van der Waals surface area contributed by atoms with Crippen LogP contribution in [0.3, 0.4) is 0 Å². The number of likely N-dealkylation sites (N-methyl/N-ethyl adjacent to an activating group) is 1. The van der Waals surface area contributed by atoms with Gasteiger partial charge in [0.1, 0.15) is 18.0 Å². The first-order valence-corrected chi connectivity index (χ1v) is 5.71. The third kappa shape index (κ3) is 2.82. The van der Waals surface area contributed by atoms with Gasteiger partial charge in [-0.25, -0.2) is 4.39 Å². The van der Waals surface area contributed by atoms with E-state index in [4.69, 9.17) is 4.74 Å². The molecule has 1 aliphatic heterocycles. The van der Waals surface area contributed by atoms with Crippen molar-refractivity contribution in [1.82, 2.24) is 4.90 Å². The molecule has 92 valence electrons. The number of rotatable bonds is 3. The number of ether oxygens (including phenoxy) is 1. The lowest BCUT2D eigenvalue weighted by atomic mass is 10.1. The van der Waals surface area contributed by atoms with Crippen molar-refractivity contribution in [3.63, 3.8) is 0 Å². The number of carbonyl (C=O) groups excluding carboxylic acids is 1. The average Bonchev–Trinajstić information content (AvgIpc) is 2.58. The fourth-order valence-electron chi connectivity index (χ4n) is 2.13. The molecule has 1 saturated heterocycles. The normalized spacial score (nSPS) is 24.1. The van der Waals surface area contributed by atoms with Crippen molar-refractivity contribution in [2.24, 2.45) is 0 Å². The maximum Gasteiger partial charge on any atom is 0.323 e. The van der Waals surface area contributed by atoms with Crippen LogP contribution in [0.1, 0.15) is 18.9 Å². The SMILES string of the molecule is C[C@@H]1C[C@@H](N(C)Cc2cccc(F)c2)C(=O)O1. The van der Waals surface area contributed by atoms with Crippen LogP contribution in [-0.4, -0.2) is 30.1 Å². The minimum Gasteiger partial charge on any atom is -0.461 e. The minimum absolute atomic E-state index is 0.0255. The average molecular weight is 237 g/mol. The van der Waals surface area contributed by atoms with Crippen LogP contribution < -0.4 is 0 Å². The molecular formula is C13H16FNO2. The molecule has 0 unspecified atom stereocenters. The van der Waals surface area contributed by atoms with Gasteiger partial charge < -0.3 is 4.74 Å². The van der Waals surface area contributed by atoms with Gasteiger partial charge in [0.25, 0.3) is 0 Å². The van der Waals surface area contributed by atoms with E-state index in [-0.39, 0.29) is 23.9 Å².